The molecule has 2 aromatic carbocycles. The number of aromatic amines is 1. The topological polar surface area (TPSA) is 81.5 Å². The van der Waals surface area contributed by atoms with Gasteiger partial charge in [-0.25, -0.2) is 4.98 Å². The lowest BCUT2D eigenvalue weighted by Gasteiger charge is -2.16. The fourth-order valence-electron chi connectivity index (χ4n) is 3.29. The van der Waals surface area contributed by atoms with Gasteiger partial charge in [0.25, 0.3) is 0 Å². The Bertz CT molecular complexity index is 1090. The number of aliphatic hydroxyl groups is 1. The van der Waals surface area contributed by atoms with Crippen LogP contribution >= 0.6 is 0 Å². The standard InChI is InChI=1S/C21H21N3O4/c1-26-17-10-14(11-18(27-2)20(17)28-3)19(25)15-12-22-21(23-15)24-9-8-13-6-4-5-7-16(13)24/h4-12,19,25H,1-3H3,(H,22,23). The first-order valence-electron chi connectivity index (χ1n) is 8.75. The van der Waals surface area contributed by atoms with Crippen LogP contribution in [0.25, 0.3) is 16.9 Å². The maximum absolute atomic E-state index is 10.9. The zero-order chi connectivity index (χ0) is 19.7. The number of hydrogen-bond donors (Lipinski definition) is 2. The van der Waals surface area contributed by atoms with Gasteiger partial charge in [-0.3, -0.25) is 4.57 Å². The summed E-state index contributed by atoms with van der Waals surface area (Å²) in [7, 11) is 4.62. The summed E-state index contributed by atoms with van der Waals surface area (Å²) in [6.07, 6.45) is 2.63. The molecule has 0 spiro atoms. The summed E-state index contributed by atoms with van der Waals surface area (Å²) in [4.78, 5) is 7.63. The molecule has 0 radical (unpaired) electrons. The lowest BCUT2D eigenvalue weighted by molar-refractivity contribution is 0.214. The van der Waals surface area contributed by atoms with Crippen molar-refractivity contribution in [2.24, 2.45) is 0 Å². The van der Waals surface area contributed by atoms with E-state index in [0.717, 1.165) is 10.9 Å². The van der Waals surface area contributed by atoms with Crippen LogP contribution in [0, 0.1) is 0 Å². The molecule has 4 aromatic rings. The van der Waals surface area contributed by atoms with E-state index >= 15 is 0 Å². The Labute approximate surface area is 162 Å². The SMILES string of the molecule is COc1cc(C(O)c2cnc(-n3ccc4ccccc43)[nH]2)cc(OC)c1OC. The molecule has 0 aliphatic carbocycles. The molecular formula is C21H21N3O4. The highest BCUT2D eigenvalue weighted by Gasteiger charge is 2.20. The van der Waals surface area contributed by atoms with Gasteiger partial charge in [-0.2, -0.15) is 0 Å². The summed E-state index contributed by atoms with van der Waals surface area (Å²) in [5.41, 5.74) is 2.19. The number of rotatable bonds is 6. The average molecular weight is 379 g/mol. The van der Waals surface area contributed by atoms with Crippen LogP contribution < -0.4 is 14.2 Å². The molecule has 28 heavy (non-hydrogen) atoms. The number of para-hydroxylation sites is 1. The van der Waals surface area contributed by atoms with E-state index in [1.54, 1.807) is 39.7 Å². The number of ether oxygens (including phenoxy) is 3. The molecule has 0 aliphatic heterocycles. The van der Waals surface area contributed by atoms with Crippen LogP contribution in [0.15, 0.2) is 54.9 Å². The van der Waals surface area contributed by atoms with Gasteiger partial charge in [0.05, 0.1) is 38.7 Å². The lowest BCUT2D eigenvalue weighted by atomic mass is 10.1. The Hall–Kier alpha value is -3.45. The van der Waals surface area contributed by atoms with Crippen molar-refractivity contribution in [2.45, 2.75) is 6.10 Å². The van der Waals surface area contributed by atoms with Gasteiger partial charge in [-0.05, 0) is 29.8 Å². The van der Waals surface area contributed by atoms with Gasteiger partial charge in [0.2, 0.25) is 11.7 Å². The molecule has 2 heterocycles. The van der Waals surface area contributed by atoms with E-state index in [9.17, 15) is 5.11 Å². The summed E-state index contributed by atoms with van der Waals surface area (Å²) >= 11 is 0. The van der Waals surface area contributed by atoms with Crippen molar-refractivity contribution in [2.75, 3.05) is 21.3 Å². The molecule has 7 nitrogen and oxygen atoms in total. The Morgan fingerprint density at radius 3 is 2.39 bits per heavy atom. The summed E-state index contributed by atoms with van der Waals surface area (Å²) < 4.78 is 18.0. The van der Waals surface area contributed by atoms with Crippen LogP contribution in [-0.4, -0.2) is 41.0 Å². The van der Waals surface area contributed by atoms with Gasteiger partial charge in [0, 0.05) is 11.6 Å². The predicted octanol–water partition coefficient (Wildman–Crippen LogP) is 3.46. The smallest absolute Gasteiger partial charge is 0.211 e. The number of nitrogens with one attached hydrogen (secondary N) is 1. The van der Waals surface area contributed by atoms with Gasteiger partial charge < -0.3 is 24.3 Å². The van der Waals surface area contributed by atoms with E-state index in [2.05, 4.69) is 9.97 Å². The monoisotopic (exact) mass is 379 g/mol. The highest BCUT2D eigenvalue weighted by molar-refractivity contribution is 5.81. The van der Waals surface area contributed by atoms with Gasteiger partial charge >= 0.3 is 0 Å². The van der Waals surface area contributed by atoms with Crippen LogP contribution in [0.2, 0.25) is 0 Å². The van der Waals surface area contributed by atoms with E-state index in [0.29, 0.717) is 34.5 Å². The van der Waals surface area contributed by atoms with Crippen LogP contribution in [0.3, 0.4) is 0 Å². The highest BCUT2D eigenvalue weighted by Crippen LogP contribution is 2.40. The second-order valence-electron chi connectivity index (χ2n) is 6.27. The minimum atomic E-state index is -0.934. The van der Waals surface area contributed by atoms with Crippen molar-refractivity contribution in [3.63, 3.8) is 0 Å². The summed E-state index contributed by atoms with van der Waals surface area (Å²) in [6.45, 7) is 0. The van der Waals surface area contributed by atoms with Crippen molar-refractivity contribution < 1.29 is 19.3 Å². The second kappa shape index (κ2) is 7.28. The Morgan fingerprint density at radius 1 is 1.00 bits per heavy atom. The zero-order valence-corrected chi connectivity index (χ0v) is 15.8. The molecule has 2 aromatic heterocycles. The third-order valence-corrected chi connectivity index (χ3v) is 4.71. The van der Waals surface area contributed by atoms with Crippen molar-refractivity contribution in [1.29, 1.82) is 0 Å². The van der Waals surface area contributed by atoms with Gasteiger partial charge in [0.15, 0.2) is 11.5 Å². The van der Waals surface area contributed by atoms with Crippen LogP contribution in [0.1, 0.15) is 17.4 Å². The first kappa shape index (κ1) is 17.9. The van der Waals surface area contributed by atoms with E-state index in [4.69, 9.17) is 14.2 Å². The third kappa shape index (κ3) is 2.95. The molecule has 0 aliphatic rings. The van der Waals surface area contributed by atoms with Crippen LogP contribution in [0.5, 0.6) is 17.2 Å². The molecule has 0 amide bonds. The lowest BCUT2D eigenvalue weighted by Crippen LogP contribution is -2.04. The second-order valence-corrected chi connectivity index (χ2v) is 6.27. The predicted molar refractivity (Wildman–Crippen MR) is 106 cm³/mol. The number of fused-ring (bicyclic) bond motifs is 1. The minimum absolute atomic E-state index is 0.477. The zero-order valence-electron chi connectivity index (χ0n) is 15.8. The molecule has 0 saturated heterocycles. The fourth-order valence-corrected chi connectivity index (χ4v) is 3.29. The van der Waals surface area contributed by atoms with Gasteiger partial charge in [-0.1, -0.05) is 18.2 Å². The highest BCUT2D eigenvalue weighted by atomic mass is 16.5. The number of imidazole rings is 1. The molecule has 144 valence electrons. The quantitative estimate of drug-likeness (QED) is 0.536. The van der Waals surface area contributed by atoms with Crippen molar-refractivity contribution >= 4 is 10.9 Å². The molecular weight excluding hydrogens is 358 g/mol. The number of hydrogen-bond acceptors (Lipinski definition) is 5. The molecule has 1 unspecified atom stereocenters. The summed E-state index contributed by atoms with van der Waals surface area (Å²) in [5.74, 6) is 2.06. The van der Waals surface area contributed by atoms with Gasteiger partial charge in [0.1, 0.15) is 6.10 Å². The Balaban J connectivity index is 1.71. The number of nitrogens with zero attached hydrogens (tertiary/aromatic N) is 2. The van der Waals surface area contributed by atoms with Crippen molar-refractivity contribution in [1.82, 2.24) is 14.5 Å². The van der Waals surface area contributed by atoms with Crippen molar-refractivity contribution in [3.05, 3.63) is 66.1 Å². The molecule has 0 fully saturated rings. The summed E-state index contributed by atoms with van der Waals surface area (Å²) in [5, 5.41) is 12.0. The molecule has 0 saturated carbocycles. The molecule has 7 heteroatoms. The number of aliphatic hydroxyl groups excluding tert-OH is 1. The largest absolute Gasteiger partial charge is 0.493 e. The molecule has 0 bridgehead atoms. The van der Waals surface area contributed by atoms with Gasteiger partial charge in [-0.15, -0.1) is 0 Å². The number of aromatic nitrogens is 3. The molecule has 2 N–H and O–H groups in total. The number of methoxy groups -OCH3 is 3. The average Bonchev–Trinajstić information content (AvgIpc) is 3.38. The number of H-pyrrole nitrogens is 1. The molecule has 4 rings (SSSR count). The normalized spacial score (nSPS) is 12.1. The van der Waals surface area contributed by atoms with Crippen molar-refractivity contribution in [3.8, 4) is 23.2 Å². The summed E-state index contributed by atoms with van der Waals surface area (Å²) in [6, 6.07) is 13.5. The maximum Gasteiger partial charge on any atom is 0.211 e. The van der Waals surface area contributed by atoms with E-state index in [-0.39, 0.29) is 0 Å². The first-order valence-corrected chi connectivity index (χ1v) is 8.75. The fraction of sp³-hybridized carbons (Fsp3) is 0.190. The minimum Gasteiger partial charge on any atom is -0.493 e. The third-order valence-electron chi connectivity index (χ3n) is 4.71. The van der Waals surface area contributed by atoms with E-state index in [1.807, 2.05) is 41.1 Å². The number of benzene rings is 2. The van der Waals surface area contributed by atoms with E-state index < -0.39 is 6.10 Å². The Kier molecular flexibility index (Phi) is 4.67. The van der Waals surface area contributed by atoms with Crippen LogP contribution in [0.4, 0.5) is 0 Å². The first-order chi connectivity index (χ1) is 13.7. The maximum atomic E-state index is 10.9. The Morgan fingerprint density at radius 2 is 1.71 bits per heavy atom. The van der Waals surface area contributed by atoms with E-state index in [1.165, 1.54) is 0 Å². The molecule has 1 atom stereocenters. The van der Waals surface area contributed by atoms with Crippen LogP contribution in [-0.2, 0) is 0 Å².